The Morgan fingerprint density at radius 3 is 2.36 bits per heavy atom. The molecule has 54 valence electrons. The molecule has 0 saturated heterocycles. The summed E-state index contributed by atoms with van der Waals surface area (Å²) in [5.74, 6) is 0. The van der Waals surface area contributed by atoms with Crippen LogP contribution in [0.5, 0.6) is 0 Å². The molecule has 0 spiro atoms. The third-order valence-corrected chi connectivity index (χ3v) is 2.68. The summed E-state index contributed by atoms with van der Waals surface area (Å²) in [4.78, 5) is 0. The summed E-state index contributed by atoms with van der Waals surface area (Å²) in [6, 6.07) is 14.8. The molecule has 1 heteroatoms. The smallest absolute Gasteiger partial charge is 0.0208 e. The van der Waals surface area contributed by atoms with Crippen molar-refractivity contribution in [3.05, 3.63) is 46.0 Å². The van der Waals surface area contributed by atoms with E-state index in [9.17, 15) is 0 Å². The number of halogens is 1. The highest BCUT2D eigenvalue weighted by Crippen LogP contribution is 2.19. The minimum Gasteiger partial charge on any atom is -0.0616 e. The zero-order valence-corrected chi connectivity index (χ0v) is 8.08. The minimum absolute atomic E-state index is 1.32. The van der Waals surface area contributed by atoms with Crippen LogP contribution in [0.2, 0.25) is 0 Å². The molecule has 2 aromatic rings. The van der Waals surface area contributed by atoms with Gasteiger partial charge in [0.15, 0.2) is 0 Å². The summed E-state index contributed by atoms with van der Waals surface area (Å²) in [6.45, 7) is 0. The van der Waals surface area contributed by atoms with E-state index in [1.54, 1.807) is 0 Å². The minimum atomic E-state index is 1.32. The Hall–Kier alpha value is -0.570. The Labute approximate surface area is 79.4 Å². The van der Waals surface area contributed by atoms with E-state index in [-0.39, 0.29) is 0 Å². The van der Waals surface area contributed by atoms with Crippen molar-refractivity contribution in [3.8, 4) is 0 Å². The second-order valence-electron chi connectivity index (χ2n) is 2.46. The molecule has 0 bridgehead atoms. The fourth-order valence-corrected chi connectivity index (χ4v) is 1.88. The van der Waals surface area contributed by atoms with Crippen LogP contribution in [0.4, 0.5) is 0 Å². The largest absolute Gasteiger partial charge is 0.0616 e. The van der Waals surface area contributed by atoms with Crippen LogP contribution in [0.1, 0.15) is 0 Å². The van der Waals surface area contributed by atoms with Gasteiger partial charge in [-0.2, -0.15) is 0 Å². The molecule has 0 amide bonds. The second-order valence-corrected chi connectivity index (χ2v) is 3.62. The Bertz CT molecular complexity index is 374. The van der Waals surface area contributed by atoms with Crippen LogP contribution in [0, 0.1) is 3.57 Å². The first kappa shape index (κ1) is 7.10. The normalized spacial score (nSPS) is 10.3. The van der Waals surface area contributed by atoms with Crippen molar-refractivity contribution >= 4 is 33.4 Å². The molecule has 0 unspecified atom stereocenters. The van der Waals surface area contributed by atoms with Gasteiger partial charge in [0.1, 0.15) is 0 Å². The molecule has 0 aliphatic carbocycles. The maximum atomic E-state index is 2.36. The van der Waals surface area contributed by atoms with Gasteiger partial charge in [0.2, 0.25) is 0 Å². The fraction of sp³-hybridized carbons (Fsp3) is 0. The van der Waals surface area contributed by atoms with Gasteiger partial charge in [-0.05, 0) is 39.4 Å². The van der Waals surface area contributed by atoms with Crippen molar-refractivity contribution in [2.45, 2.75) is 0 Å². The van der Waals surface area contributed by atoms with Crippen LogP contribution >= 0.6 is 22.6 Å². The predicted octanol–water partition coefficient (Wildman–Crippen LogP) is 3.44. The van der Waals surface area contributed by atoms with Gasteiger partial charge in [0.05, 0.1) is 0 Å². The highest BCUT2D eigenvalue weighted by Gasteiger charge is 1.93. The monoisotopic (exact) mass is 258 g/mol. The zero-order chi connectivity index (χ0) is 7.68. The molecule has 0 radical (unpaired) electrons. The molecule has 0 aromatic heterocycles. The number of hydrogen-bond acceptors (Lipinski definition) is 0. The molecule has 0 heterocycles. The topological polar surface area (TPSA) is 0 Å². The van der Waals surface area contributed by atoms with E-state index >= 15 is 0 Å². The van der Waals surface area contributed by atoms with Gasteiger partial charge >= 0.3 is 0 Å². The molecular weight excluding hydrogens is 251 g/mol. The lowest BCUT2D eigenvalue weighted by molar-refractivity contribution is 1.71. The second kappa shape index (κ2) is 2.81. The van der Waals surface area contributed by atoms with E-state index in [2.05, 4.69) is 65.1 Å². The highest BCUT2D eigenvalue weighted by atomic mass is 131. The van der Waals surface area contributed by atoms with Gasteiger partial charge in [-0.25, -0.2) is 0 Å². The van der Waals surface area contributed by atoms with Gasteiger partial charge in [-0.3, -0.25) is 0 Å². The quantitative estimate of drug-likeness (QED) is 0.635. The average Bonchev–Trinajstić information content (AvgIpc) is 2.06. The van der Waals surface area contributed by atoms with Crippen LogP contribution < -0.4 is 0 Å². The predicted molar refractivity (Wildman–Crippen MR) is 56.7 cm³/mol. The summed E-state index contributed by atoms with van der Waals surface area (Å²) in [5, 5.41) is 2.66. The van der Waals surface area contributed by atoms with Crippen LogP contribution in [-0.2, 0) is 0 Å². The molecular formula is C10H7I. The third kappa shape index (κ3) is 1.25. The van der Waals surface area contributed by atoms with Crippen molar-refractivity contribution < 1.29 is 0 Å². The molecule has 0 saturated carbocycles. The Kier molecular flexibility index (Phi) is 1.82. The van der Waals surface area contributed by atoms with Crippen molar-refractivity contribution in [1.29, 1.82) is 0 Å². The van der Waals surface area contributed by atoms with Gasteiger partial charge in [0, 0.05) is 3.57 Å². The molecule has 11 heavy (non-hydrogen) atoms. The summed E-state index contributed by atoms with van der Waals surface area (Å²) in [5.41, 5.74) is 0. The van der Waals surface area contributed by atoms with E-state index in [4.69, 9.17) is 0 Å². The lowest BCUT2D eigenvalue weighted by atomic mass is 10.1. The van der Waals surface area contributed by atoms with Crippen LogP contribution in [0.3, 0.4) is 0 Å². The Morgan fingerprint density at radius 1 is 0.818 bits per heavy atom. The summed E-state index contributed by atoms with van der Waals surface area (Å²) >= 11 is 2.36. The summed E-state index contributed by atoms with van der Waals surface area (Å²) in [6.07, 6.45) is 0. The molecule has 0 aliphatic rings. The number of rotatable bonds is 0. The first-order valence-corrected chi connectivity index (χ1v) is 4.59. The van der Waals surface area contributed by atoms with Crippen molar-refractivity contribution in [3.63, 3.8) is 0 Å². The SMILES string of the molecule is [131I]c1cccc2ccccc12. The lowest BCUT2D eigenvalue weighted by Gasteiger charge is -1.97. The van der Waals surface area contributed by atoms with Crippen LogP contribution in [0.25, 0.3) is 10.8 Å². The van der Waals surface area contributed by atoms with E-state index in [0.29, 0.717) is 0 Å². The number of fused-ring (bicyclic) bond motifs is 1. The van der Waals surface area contributed by atoms with Crippen LogP contribution in [0.15, 0.2) is 42.5 Å². The van der Waals surface area contributed by atoms with E-state index in [1.165, 1.54) is 14.3 Å². The zero-order valence-electron chi connectivity index (χ0n) is 5.92. The molecule has 0 atom stereocenters. The first-order valence-electron chi connectivity index (χ1n) is 3.51. The molecule has 0 fully saturated rings. The first-order chi connectivity index (χ1) is 5.38. The summed E-state index contributed by atoms with van der Waals surface area (Å²) in [7, 11) is 0. The highest BCUT2D eigenvalue weighted by molar-refractivity contribution is 14.1. The number of benzene rings is 2. The van der Waals surface area contributed by atoms with Gasteiger partial charge < -0.3 is 0 Å². The standard InChI is InChI=1S/C10H7I/c11-10-7-3-5-8-4-1-2-6-9(8)10/h1-7H/i11+4. The van der Waals surface area contributed by atoms with E-state index in [0.717, 1.165) is 0 Å². The lowest BCUT2D eigenvalue weighted by Crippen LogP contribution is -1.74. The van der Waals surface area contributed by atoms with Crippen molar-refractivity contribution in [2.75, 3.05) is 0 Å². The van der Waals surface area contributed by atoms with Gasteiger partial charge in [0.25, 0.3) is 0 Å². The van der Waals surface area contributed by atoms with Crippen molar-refractivity contribution in [1.82, 2.24) is 0 Å². The molecule has 2 rings (SSSR count). The Morgan fingerprint density at radius 2 is 1.55 bits per heavy atom. The molecule has 0 nitrogen and oxygen atoms in total. The van der Waals surface area contributed by atoms with Crippen molar-refractivity contribution in [2.24, 2.45) is 0 Å². The van der Waals surface area contributed by atoms with Gasteiger partial charge in [-0.15, -0.1) is 0 Å². The van der Waals surface area contributed by atoms with Crippen LogP contribution in [-0.4, -0.2) is 0 Å². The maximum absolute atomic E-state index is 2.36. The fourth-order valence-electron chi connectivity index (χ4n) is 1.19. The molecule has 2 aromatic carbocycles. The summed E-state index contributed by atoms with van der Waals surface area (Å²) < 4.78 is 1.32. The molecule has 0 N–H and O–H groups in total. The molecule has 0 aliphatic heterocycles. The average molecular weight is 258 g/mol. The Balaban J connectivity index is 2.91. The van der Waals surface area contributed by atoms with E-state index in [1.807, 2.05) is 0 Å². The maximum Gasteiger partial charge on any atom is 0.0208 e. The van der Waals surface area contributed by atoms with E-state index < -0.39 is 0 Å². The third-order valence-electron chi connectivity index (χ3n) is 1.74. The number of hydrogen-bond donors (Lipinski definition) is 0. The van der Waals surface area contributed by atoms with Gasteiger partial charge in [-0.1, -0.05) is 36.4 Å².